The van der Waals surface area contributed by atoms with Gasteiger partial charge in [0.1, 0.15) is 11.9 Å². The molecule has 1 atom stereocenters. The molecule has 0 aromatic heterocycles. The molecule has 4 nitrogen and oxygen atoms in total. The number of nitrogens with one attached hydrogen (secondary N) is 1. The zero-order valence-electron chi connectivity index (χ0n) is 11.6. The monoisotopic (exact) mass is 249 g/mol. The zero-order valence-corrected chi connectivity index (χ0v) is 11.6. The Morgan fingerprint density at radius 3 is 2.50 bits per heavy atom. The molecule has 1 heterocycles. The number of hydrogen-bond donors (Lipinski definition) is 1. The van der Waals surface area contributed by atoms with Crippen LogP contribution in [0.3, 0.4) is 0 Å². The van der Waals surface area contributed by atoms with Crippen LogP contribution < -0.4 is 0 Å². The fourth-order valence-corrected chi connectivity index (χ4v) is 3.23. The first-order chi connectivity index (χ1) is 8.61. The molecular formula is C14H23N3O. The van der Waals surface area contributed by atoms with E-state index >= 15 is 0 Å². The van der Waals surface area contributed by atoms with E-state index in [0.717, 1.165) is 25.0 Å². The Morgan fingerprint density at radius 2 is 2.00 bits per heavy atom. The van der Waals surface area contributed by atoms with E-state index in [2.05, 4.69) is 4.90 Å². The van der Waals surface area contributed by atoms with Gasteiger partial charge in [-0.3, -0.25) is 10.2 Å². The van der Waals surface area contributed by atoms with E-state index in [1.165, 1.54) is 12.8 Å². The molecule has 1 N–H and O–H groups in total. The summed E-state index contributed by atoms with van der Waals surface area (Å²) in [4.78, 5) is 16.1. The molecule has 100 valence electrons. The highest BCUT2D eigenvalue weighted by Gasteiger charge is 2.41. The Bertz CT molecular complexity index is 383. The number of carbonyl (C=O) groups is 1. The van der Waals surface area contributed by atoms with Gasteiger partial charge in [-0.25, -0.2) is 0 Å². The molecule has 1 saturated carbocycles. The van der Waals surface area contributed by atoms with Crippen molar-refractivity contribution in [1.82, 2.24) is 9.80 Å². The van der Waals surface area contributed by atoms with Crippen molar-refractivity contribution < 1.29 is 4.79 Å². The van der Waals surface area contributed by atoms with E-state index in [0.29, 0.717) is 11.9 Å². The lowest BCUT2D eigenvalue weighted by Gasteiger charge is -2.45. The summed E-state index contributed by atoms with van der Waals surface area (Å²) < 4.78 is 0. The highest BCUT2D eigenvalue weighted by atomic mass is 16.2. The molecular weight excluding hydrogens is 226 g/mol. The van der Waals surface area contributed by atoms with E-state index in [-0.39, 0.29) is 11.9 Å². The fraction of sp³-hybridized carbons (Fsp3) is 0.714. The second kappa shape index (κ2) is 5.12. The summed E-state index contributed by atoms with van der Waals surface area (Å²) in [5, 5.41) is 8.39. The lowest BCUT2D eigenvalue weighted by Crippen LogP contribution is -2.59. The average Bonchev–Trinajstić information content (AvgIpc) is 2.87. The SMILES string of the molecule is C/C=C1\C(=N)N(C2CCCC2)[C@H](CC)C(=O)N1C. The summed E-state index contributed by atoms with van der Waals surface area (Å²) in [6.07, 6.45) is 7.33. The van der Waals surface area contributed by atoms with E-state index in [9.17, 15) is 4.79 Å². The van der Waals surface area contributed by atoms with Crippen LogP contribution in [0.15, 0.2) is 11.8 Å². The van der Waals surface area contributed by atoms with Crippen LogP contribution >= 0.6 is 0 Å². The second-order valence-corrected chi connectivity index (χ2v) is 5.19. The van der Waals surface area contributed by atoms with Crippen LogP contribution in [-0.2, 0) is 4.79 Å². The lowest BCUT2D eigenvalue weighted by atomic mass is 10.0. The number of amides is 1. The van der Waals surface area contributed by atoms with Gasteiger partial charge in [0.2, 0.25) is 5.91 Å². The number of hydrogen-bond acceptors (Lipinski definition) is 2. The summed E-state index contributed by atoms with van der Waals surface area (Å²) >= 11 is 0. The summed E-state index contributed by atoms with van der Waals surface area (Å²) in [6, 6.07) is 0.240. The predicted molar refractivity (Wildman–Crippen MR) is 72.4 cm³/mol. The van der Waals surface area contributed by atoms with Crippen LogP contribution in [0.2, 0.25) is 0 Å². The van der Waals surface area contributed by atoms with Gasteiger partial charge in [0.25, 0.3) is 0 Å². The van der Waals surface area contributed by atoms with Crippen molar-refractivity contribution in [2.45, 2.75) is 58.0 Å². The number of rotatable bonds is 2. The number of amidine groups is 1. The topological polar surface area (TPSA) is 47.4 Å². The first kappa shape index (κ1) is 13.1. The van der Waals surface area contributed by atoms with Gasteiger partial charge in [-0.2, -0.15) is 0 Å². The number of piperazine rings is 1. The minimum Gasteiger partial charge on any atom is -0.340 e. The van der Waals surface area contributed by atoms with Gasteiger partial charge in [-0.1, -0.05) is 25.8 Å². The van der Waals surface area contributed by atoms with Crippen molar-refractivity contribution in [2.24, 2.45) is 0 Å². The van der Waals surface area contributed by atoms with Gasteiger partial charge in [0.05, 0.1) is 5.70 Å². The lowest BCUT2D eigenvalue weighted by molar-refractivity contribution is -0.134. The van der Waals surface area contributed by atoms with Gasteiger partial charge in [-0.05, 0) is 26.2 Å². The molecule has 0 spiro atoms. The summed E-state index contributed by atoms with van der Waals surface area (Å²) in [7, 11) is 1.78. The van der Waals surface area contributed by atoms with Crippen molar-refractivity contribution in [3.8, 4) is 0 Å². The van der Waals surface area contributed by atoms with Crippen molar-refractivity contribution in [2.75, 3.05) is 7.05 Å². The summed E-state index contributed by atoms with van der Waals surface area (Å²) in [5.41, 5.74) is 0.747. The highest BCUT2D eigenvalue weighted by Crippen LogP contribution is 2.31. The van der Waals surface area contributed by atoms with Crippen molar-refractivity contribution in [3.63, 3.8) is 0 Å². The minimum atomic E-state index is -0.144. The van der Waals surface area contributed by atoms with E-state index < -0.39 is 0 Å². The van der Waals surface area contributed by atoms with Crippen molar-refractivity contribution in [3.05, 3.63) is 11.8 Å². The van der Waals surface area contributed by atoms with Crippen LogP contribution in [0.4, 0.5) is 0 Å². The summed E-state index contributed by atoms with van der Waals surface area (Å²) in [6.45, 7) is 3.93. The molecule has 2 rings (SSSR count). The van der Waals surface area contributed by atoms with Gasteiger partial charge < -0.3 is 9.80 Å². The number of allylic oxidation sites excluding steroid dienone is 1. The molecule has 1 amide bonds. The van der Waals surface area contributed by atoms with E-state index in [1.807, 2.05) is 19.9 Å². The van der Waals surface area contributed by atoms with Gasteiger partial charge in [-0.15, -0.1) is 0 Å². The van der Waals surface area contributed by atoms with E-state index in [1.54, 1.807) is 11.9 Å². The zero-order chi connectivity index (χ0) is 13.3. The van der Waals surface area contributed by atoms with Crippen LogP contribution in [0.1, 0.15) is 46.0 Å². The maximum Gasteiger partial charge on any atom is 0.249 e. The second-order valence-electron chi connectivity index (χ2n) is 5.19. The van der Waals surface area contributed by atoms with Gasteiger partial charge >= 0.3 is 0 Å². The van der Waals surface area contributed by atoms with Gasteiger partial charge in [0, 0.05) is 13.1 Å². The molecule has 2 aliphatic rings. The third kappa shape index (κ3) is 1.93. The third-order valence-electron chi connectivity index (χ3n) is 4.19. The molecule has 1 aliphatic carbocycles. The maximum absolute atomic E-state index is 12.4. The molecule has 0 aromatic carbocycles. The third-order valence-corrected chi connectivity index (χ3v) is 4.19. The van der Waals surface area contributed by atoms with Gasteiger partial charge in [0.15, 0.2) is 0 Å². The molecule has 0 aromatic rings. The quantitative estimate of drug-likeness (QED) is 0.816. The first-order valence-corrected chi connectivity index (χ1v) is 6.93. The molecule has 0 radical (unpaired) electrons. The van der Waals surface area contributed by atoms with E-state index in [4.69, 9.17) is 5.41 Å². The molecule has 0 bridgehead atoms. The Morgan fingerprint density at radius 1 is 1.39 bits per heavy atom. The van der Waals surface area contributed by atoms with Crippen LogP contribution in [0.25, 0.3) is 0 Å². The molecule has 18 heavy (non-hydrogen) atoms. The largest absolute Gasteiger partial charge is 0.340 e. The Hall–Kier alpha value is -1.32. The standard InChI is InChI=1S/C14H23N3O/c1-4-11-13(15)17(10-8-6-7-9-10)12(5-2)14(18)16(11)3/h4,10,12,15H,5-9H2,1-3H3/b11-4+,15-13?/t12-/m1/s1. The number of nitrogens with zero attached hydrogens (tertiary/aromatic N) is 2. The van der Waals surface area contributed by atoms with Crippen LogP contribution in [-0.4, -0.2) is 40.7 Å². The smallest absolute Gasteiger partial charge is 0.249 e. The van der Waals surface area contributed by atoms with Crippen molar-refractivity contribution >= 4 is 11.7 Å². The van der Waals surface area contributed by atoms with Crippen LogP contribution in [0.5, 0.6) is 0 Å². The Balaban J connectivity index is 2.34. The maximum atomic E-state index is 12.4. The highest BCUT2D eigenvalue weighted by molar-refractivity contribution is 6.05. The first-order valence-electron chi connectivity index (χ1n) is 6.93. The summed E-state index contributed by atoms with van der Waals surface area (Å²) in [5.74, 6) is 0.659. The van der Waals surface area contributed by atoms with Crippen LogP contribution in [0, 0.1) is 5.41 Å². The molecule has 1 saturated heterocycles. The Labute approximate surface area is 109 Å². The minimum absolute atomic E-state index is 0.133. The number of likely N-dealkylation sites (N-methyl/N-ethyl adjacent to an activating group) is 1. The molecule has 0 unspecified atom stereocenters. The number of carbonyl (C=O) groups excluding carboxylic acids is 1. The van der Waals surface area contributed by atoms with Crippen molar-refractivity contribution in [1.29, 1.82) is 5.41 Å². The average molecular weight is 249 g/mol. The molecule has 2 fully saturated rings. The normalized spacial score (nSPS) is 28.6. The Kier molecular flexibility index (Phi) is 3.73. The molecule has 1 aliphatic heterocycles. The fourth-order valence-electron chi connectivity index (χ4n) is 3.23. The molecule has 4 heteroatoms. The predicted octanol–water partition coefficient (Wildman–Crippen LogP) is 2.36.